The summed E-state index contributed by atoms with van der Waals surface area (Å²) < 4.78 is 34.0. The van der Waals surface area contributed by atoms with Crippen molar-refractivity contribution >= 4 is 38.4 Å². The zero-order valence-electron chi connectivity index (χ0n) is 12.5. The first-order valence-corrected chi connectivity index (χ1v) is 8.94. The topological polar surface area (TPSA) is 134 Å². The molecule has 23 heavy (non-hydrogen) atoms. The van der Waals surface area contributed by atoms with Crippen LogP contribution in [0, 0.1) is 6.92 Å². The second-order valence-electron chi connectivity index (χ2n) is 4.64. The van der Waals surface area contributed by atoms with E-state index in [4.69, 9.17) is 4.55 Å². The third kappa shape index (κ3) is 5.92. The van der Waals surface area contributed by atoms with Gasteiger partial charge in [-0.15, -0.1) is 20.4 Å². The highest BCUT2D eigenvalue weighted by molar-refractivity contribution is 7.85. The van der Waals surface area contributed by atoms with E-state index in [2.05, 4.69) is 29.8 Å². The molecular formula is C11H15N7O3S2. The summed E-state index contributed by atoms with van der Waals surface area (Å²) in [5, 5.41) is 16.2. The molecule has 0 aliphatic heterocycles. The van der Waals surface area contributed by atoms with E-state index in [0.717, 1.165) is 11.5 Å². The largest absolute Gasteiger partial charge is 0.358 e. The molecule has 0 saturated heterocycles. The maximum atomic E-state index is 10.7. The fraction of sp³-hybridized carbons (Fsp3) is 0.455. The van der Waals surface area contributed by atoms with Crippen molar-refractivity contribution in [2.75, 3.05) is 24.2 Å². The normalized spacial score (nSPS) is 12.0. The Bertz CT molecular complexity index is 773. The van der Waals surface area contributed by atoms with Crippen LogP contribution in [0.15, 0.2) is 22.4 Å². The Morgan fingerprint density at radius 3 is 2.65 bits per heavy atom. The van der Waals surface area contributed by atoms with Gasteiger partial charge in [-0.2, -0.15) is 12.8 Å². The molecule has 10 nitrogen and oxygen atoms in total. The van der Waals surface area contributed by atoms with Gasteiger partial charge in [0.1, 0.15) is 5.82 Å². The molecule has 0 spiro atoms. The quantitative estimate of drug-likeness (QED) is 0.585. The van der Waals surface area contributed by atoms with Crippen molar-refractivity contribution in [1.82, 2.24) is 19.6 Å². The van der Waals surface area contributed by atoms with Crippen molar-refractivity contribution in [3.63, 3.8) is 0 Å². The van der Waals surface area contributed by atoms with Crippen LogP contribution in [0.25, 0.3) is 0 Å². The number of aryl methyl sites for hydroxylation is 1. The highest BCUT2D eigenvalue weighted by Crippen LogP contribution is 2.19. The molecule has 2 aromatic rings. The predicted octanol–water partition coefficient (Wildman–Crippen LogP) is 1.77. The minimum absolute atomic E-state index is 0.287. The van der Waals surface area contributed by atoms with Gasteiger partial charge in [0.25, 0.3) is 10.1 Å². The SMILES string of the molecule is Cc1nsc(N=Nc2ccc(N(C)CCCS(=O)(=O)O)nn2)n1. The van der Waals surface area contributed by atoms with Gasteiger partial charge in [0.05, 0.1) is 5.75 Å². The van der Waals surface area contributed by atoms with Gasteiger partial charge in [0, 0.05) is 25.1 Å². The second kappa shape index (κ2) is 7.48. The van der Waals surface area contributed by atoms with E-state index in [0.29, 0.717) is 29.1 Å². The monoisotopic (exact) mass is 357 g/mol. The van der Waals surface area contributed by atoms with Gasteiger partial charge in [-0.3, -0.25) is 4.55 Å². The number of anilines is 1. The third-order valence-corrected chi connectivity index (χ3v) is 4.17. The minimum atomic E-state index is -3.94. The molecule has 0 atom stereocenters. The van der Waals surface area contributed by atoms with Gasteiger partial charge in [-0.1, -0.05) is 0 Å². The van der Waals surface area contributed by atoms with Gasteiger partial charge < -0.3 is 4.90 Å². The Morgan fingerprint density at radius 1 is 1.30 bits per heavy atom. The Kier molecular flexibility index (Phi) is 5.63. The average molecular weight is 357 g/mol. The summed E-state index contributed by atoms with van der Waals surface area (Å²) in [6.07, 6.45) is 0.287. The van der Waals surface area contributed by atoms with Crippen molar-refractivity contribution in [2.24, 2.45) is 10.2 Å². The summed E-state index contributed by atoms with van der Waals surface area (Å²) in [6, 6.07) is 3.33. The van der Waals surface area contributed by atoms with Gasteiger partial charge in [-0.25, -0.2) is 4.98 Å². The lowest BCUT2D eigenvalue weighted by Gasteiger charge is -2.16. The standard InChI is InChI=1S/C11H15N7O3S2/c1-8-12-11(22-17-8)16-14-9-4-5-10(15-13-9)18(2)6-3-7-23(19,20)21/h4-5H,3,6-7H2,1-2H3,(H,19,20,21). The van der Waals surface area contributed by atoms with Crippen molar-refractivity contribution in [1.29, 1.82) is 0 Å². The molecule has 0 unspecified atom stereocenters. The van der Waals surface area contributed by atoms with Crippen LogP contribution in [0.2, 0.25) is 0 Å². The lowest BCUT2D eigenvalue weighted by molar-refractivity contribution is 0.481. The van der Waals surface area contributed by atoms with Crippen LogP contribution in [0.3, 0.4) is 0 Å². The number of azo groups is 1. The van der Waals surface area contributed by atoms with E-state index < -0.39 is 10.1 Å². The number of rotatable bonds is 7. The molecule has 2 heterocycles. The summed E-state index contributed by atoms with van der Waals surface area (Å²) in [5.41, 5.74) is 0. The molecule has 0 aliphatic rings. The summed E-state index contributed by atoms with van der Waals surface area (Å²) in [7, 11) is -2.19. The zero-order valence-corrected chi connectivity index (χ0v) is 14.1. The lowest BCUT2D eigenvalue weighted by Crippen LogP contribution is -2.22. The number of nitrogens with zero attached hydrogens (tertiary/aromatic N) is 7. The van der Waals surface area contributed by atoms with Crippen LogP contribution in [0.5, 0.6) is 0 Å². The first-order chi connectivity index (χ1) is 10.8. The zero-order chi connectivity index (χ0) is 16.9. The Morgan fingerprint density at radius 2 is 2.09 bits per heavy atom. The number of hydrogen-bond donors (Lipinski definition) is 1. The first kappa shape index (κ1) is 17.3. The molecule has 124 valence electrons. The van der Waals surface area contributed by atoms with Crippen molar-refractivity contribution < 1.29 is 13.0 Å². The summed E-state index contributed by atoms with van der Waals surface area (Å²) >= 11 is 1.14. The van der Waals surface area contributed by atoms with Gasteiger partial charge in [0.15, 0.2) is 11.6 Å². The Hall–Kier alpha value is -2.05. The molecule has 0 bridgehead atoms. The fourth-order valence-corrected chi connectivity index (χ4v) is 2.59. The smallest absolute Gasteiger partial charge is 0.264 e. The van der Waals surface area contributed by atoms with E-state index in [1.165, 1.54) is 0 Å². The molecule has 2 aromatic heterocycles. The molecule has 0 amide bonds. The fourth-order valence-electron chi connectivity index (χ4n) is 1.59. The van der Waals surface area contributed by atoms with Crippen LogP contribution < -0.4 is 4.90 Å². The molecule has 0 aromatic carbocycles. The van der Waals surface area contributed by atoms with Crippen LogP contribution >= 0.6 is 11.5 Å². The second-order valence-corrected chi connectivity index (χ2v) is 6.94. The summed E-state index contributed by atoms with van der Waals surface area (Å²) in [6.45, 7) is 2.18. The van der Waals surface area contributed by atoms with Gasteiger partial charge in [0.2, 0.25) is 5.13 Å². The van der Waals surface area contributed by atoms with E-state index in [1.807, 2.05) is 0 Å². The maximum absolute atomic E-state index is 10.7. The van der Waals surface area contributed by atoms with E-state index >= 15 is 0 Å². The van der Waals surface area contributed by atoms with Crippen LogP contribution in [-0.4, -0.2) is 51.9 Å². The minimum Gasteiger partial charge on any atom is -0.358 e. The summed E-state index contributed by atoms with van der Waals surface area (Å²) in [4.78, 5) is 5.78. The van der Waals surface area contributed by atoms with Gasteiger partial charge in [-0.05, 0) is 25.5 Å². The average Bonchev–Trinajstić information content (AvgIpc) is 2.90. The molecule has 0 fully saturated rings. The lowest BCUT2D eigenvalue weighted by atomic mass is 10.4. The van der Waals surface area contributed by atoms with Gasteiger partial charge >= 0.3 is 0 Å². The molecule has 0 aliphatic carbocycles. The molecule has 1 N–H and O–H groups in total. The maximum Gasteiger partial charge on any atom is 0.264 e. The summed E-state index contributed by atoms with van der Waals surface area (Å²) in [5.74, 6) is 1.23. The van der Waals surface area contributed by atoms with Crippen LogP contribution in [0.4, 0.5) is 16.8 Å². The van der Waals surface area contributed by atoms with Crippen LogP contribution in [-0.2, 0) is 10.1 Å². The molecule has 0 radical (unpaired) electrons. The van der Waals surface area contributed by atoms with E-state index in [9.17, 15) is 8.42 Å². The first-order valence-electron chi connectivity index (χ1n) is 6.55. The molecule has 2 rings (SSSR count). The van der Waals surface area contributed by atoms with Crippen LogP contribution in [0.1, 0.15) is 12.2 Å². The highest BCUT2D eigenvalue weighted by atomic mass is 32.2. The predicted molar refractivity (Wildman–Crippen MR) is 85.2 cm³/mol. The molecule has 0 saturated carbocycles. The van der Waals surface area contributed by atoms with Crippen molar-refractivity contribution in [3.8, 4) is 0 Å². The highest BCUT2D eigenvalue weighted by Gasteiger charge is 2.08. The Labute approximate surface area is 137 Å². The van der Waals surface area contributed by atoms with E-state index in [-0.39, 0.29) is 12.2 Å². The molecule has 12 heteroatoms. The Balaban J connectivity index is 1.92. The molecular weight excluding hydrogens is 342 g/mol. The third-order valence-electron chi connectivity index (χ3n) is 2.68. The van der Waals surface area contributed by atoms with E-state index in [1.54, 1.807) is 31.0 Å². The number of hydrogen-bond acceptors (Lipinski definition) is 10. The number of aromatic nitrogens is 4. The van der Waals surface area contributed by atoms with Crippen molar-refractivity contribution in [2.45, 2.75) is 13.3 Å². The van der Waals surface area contributed by atoms with Crippen molar-refractivity contribution in [3.05, 3.63) is 18.0 Å².